The summed E-state index contributed by atoms with van der Waals surface area (Å²) in [7, 11) is 0. The minimum Gasteiger partial charge on any atom is -0.280 e. The van der Waals surface area contributed by atoms with Gasteiger partial charge in [-0.05, 0) is 12.5 Å². The Bertz CT molecular complexity index is 1130. The van der Waals surface area contributed by atoms with Gasteiger partial charge in [-0.3, -0.25) is 9.69 Å². The largest absolute Gasteiger partial charge is 0.280 e. The highest BCUT2D eigenvalue weighted by molar-refractivity contribution is 7.16. The lowest BCUT2D eigenvalue weighted by molar-refractivity contribution is -0.124. The standard InChI is InChI=1S/C22H17N3OS2/c1-14-7-9-16(10-8-14)19-11-20(26)25(19)22-24-18(13-28-22)21-23-17(12-27-21)15-5-3-2-4-6-15/h2-10,12-13,19H,11H2,1H3. The fraction of sp³-hybridized carbons (Fsp3) is 0.136. The molecule has 1 unspecified atom stereocenters. The van der Waals surface area contributed by atoms with Crippen LogP contribution in [0.5, 0.6) is 0 Å². The van der Waals surface area contributed by atoms with Crippen molar-refractivity contribution in [2.75, 3.05) is 4.90 Å². The van der Waals surface area contributed by atoms with E-state index < -0.39 is 0 Å². The van der Waals surface area contributed by atoms with Gasteiger partial charge in [0.1, 0.15) is 10.7 Å². The zero-order chi connectivity index (χ0) is 19.1. The quantitative estimate of drug-likeness (QED) is 0.409. The van der Waals surface area contributed by atoms with Crippen LogP contribution in [-0.2, 0) is 4.79 Å². The van der Waals surface area contributed by atoms with E-state index in [4.69, 9.17) is 9.97 Å². The van der Waals surface area contributed by atoms with E-state index in [1.807, 2.05) is 33.9 Å². The fourth-order valence-electron chi connectivity index (χ4n) is 3.32. The molecular formula is C22H17N3OS2. The van der Waals surface area contributed by atoms with Crippen molar-refractivity contribution in [3.05, 3.63) is 76.5 Å². The molecule has 0 spiro atoms. The Balaban J connectivity index is 1.41. The number of amides is 1. The van der Waals surface area contributed by atoms with Crippen LogP contribution in [0.3, 0.4) is 0 Å². The Labute approximate surface area is 171 Å². The number of aromatic nitrogens is 2. The highest BCUT2D eigenvalue weighted by Gasteiger charge is 2.40. The first-order valence-corrected chi connectivity index (χ1v) is 10.8. The zero-order valence-corrected chi connectivity index (χ0v) is 16.8. The van der Waals surface area contributed by atoms with E-state index in [2.05, 4.69) is 43.3 Å². The third kappa shape index (κ3) is 3.04. The zero-order valence-electron chi connectivity index (χ0n) is 15.2. The molecule has 2 aromatic carbocycles. The molecule has 4 nitrogen and oxygen atoms in total. The third-order valence-electron chi connectivity index (χ3n) is 4.90. The predicted octanol–water partition coefficient (Wildman–Crippen LogP) is 5.72. The number of benzene rings is 2. The van der Waals surface area contributed by atoms with Gasteiger partial charge in [0.25, 0.3) is 0 Å². The van der Waals surface area contributed by atoms with Crippen LogP contribution in [0, 0.1) is 6.92 Å². The number of thiazole rings is 2. The molecule has 3 heterocycles. The molecule has 1 aliphatic heterocycles. The average molecular weight is 404 g/mol. The van der Waals surface area contributed by atoms with E-state index in [0.29, 0.717) is 6.42 Å². The maximum atomic E-state index is 12.3. The van der Waals surface area contributed by atoms with Crippen LogP contribution in [-0.4, -0.2) is 15.9 Å². The summed E-state index contributed by atoms with van der Waals surface area (Å²) < 4.78 is 0. The highest BCUT2D eigenvalue weighted by atomic mass is 32.1. The lowest BCUT2D eigenvalue weighted by Gasteiger charge is -2.38. The Morgan fingerprint density at radius 3 is 2.43 bits per heavy atom. The van der Waals surface area contributed by atoms with E-state index in [-0.39, 0.29) is 11.9 Å². The van der Waals surface area contributed by atoms with Crippen LogP contribution in [0.25, 0.3) is 22.0 Å². The van der Waals surface area contributed by atoms with Crippen molar-refractivity contribution in [2.24, 2.45) is 0 Å². The number of hydrogen-bond donors (Lipinski definition) is 0. The molecule has 2 aromatic heterocycles. The summed E-state index contributed by atoms with van der Waals surface area (Å²) in [5.74, 6) is 0.121. The summed E-state index contributed by atoms with van der Waals surface area (Å²) >= 11 is 3.08. The van der Waals surface area contributed by atoms with Crippen molar-refractivity contribution >= 4 is 33.7 Å². The van der Waals surface area contributed by atoms with Gasteiger partial charge in [-0.2, -0.15) is 0 Å². The number of β-lactam (4-membered cyclic amide) rings is 1. The molecule has 1 fully saturated rings. The van der Waals surface area contributed by atoms with Crippen molar-refractivity contribution in [2.45, 2.75) is 19.4 Å². The van der Waals surface area contributed by atoms with Gasteiger partial charge in [-0.25, -0.2) is 9.97 Å². The van der Waals surface area contributed by atoms with Gasteiger partial charge in [0.15, 0.2) is 5.13 Å². The summed E-state index contributed by atoms with van der Waals surface area (Å²) in [6.07, 6.45) is 0.535. The molecule has 0 radical (unpaired) electrons. The highest BCUT2D eigenvalue weighted by Crippen LogP contribution is 2.41. The second kappa shape index (κ2) is 6.96. The summed E-state index contributed by atoms with van der Waals surface area (Å²) in [6.45, 7) is 2.07. The molecule has 1 atom stereocenters. The Morgan fingerprint density at radius 2 is 1.68 bits per heavy atom. The molecule has 28 heavy (non-hydrogen) atoms. The van der Waals surface area contributed by atoms with Crippen molar-refractivity contribution in [3.63, 3.8) is 0 Å². The molecule has 5 rings (SSSR count). The van der Waals surface area contributed by atoms with Gasteiger partial charge in [0, 0.05) is 16.3 Å². The van der Waals surface area contributed by atoms with Gasteiger partial charge in [-0.1, -0.05) is 60.2 Å². The molecule has 4 aromatic rings. The SMILES string of the molecule is Cc1ccc(C2CC(=O)N2c2nc(-c3nc(-c4ccccc4)cs3)cs2)cc1. The normalized spacial score (nSPS) is 16.2. The molecule has 1 amide bonds. The minimum absolute atomic E-state index is 0.0725. The first-order chi connectivity index (χ1) is 13.7. The number of rotatable bonds is 4. The second-order valence-corrected chi connectivity index (χ2v) is 8.51. The first kappa shape index (κ1) is 17.3. The van der Waals surface area contributed by atoms with Crippen LogP contribution >= 0.6 is 22.7 Å². The molecule has 1 aliphatic rings. The summed E-state index contributed by atoms with van der Waals surface area (Å²) in [5.41, 5.74) is 5.25. The fourth-order valence-corrected chi connectivity index (χ4v) is 5.06. The molecule has 0 bridgehead atoms. The summed E-state index contributed by atoms with van der Waals surface area (Å²) in [5, 5.41) is 5.66. The predicted molar refractivity (Wildman–Crippen MR) is 115 cm³/mol. The summed E-state index contributed by atoms with van der Waals surface area (Å²) in [6, 6.07) is 18.6. The molecule has 1 saturated heterocycles. The second-order valence-electron chi connectivity index (χ2n) is 6.81. The van der Waals surface area contributed by atoms with Crippen molar-refractivity contribution in [1.29, 1.82) is 0 Å². The van der Waals surface area contributed by atoms with Crippen molar-refractivity contribution < 1.29 is 4.79 Å². The Morgan fingerprint density at radius 1 is 0.929 bits per heavy atom. The molecular weight excluding hydrogens is 386 g/mol. The van der Waals surface area contributed by atoms with Crippen LogP contribution in [0.2, 0.25) is 0 Å². The van der Waals surface area contributed by atoms with Crippen molar-refractivity contribution in [3.8, 4) is 22.0 Å². The molecule has 138 valence electrons. The van der Waals surface area contributed by atoms with Gasteiger partial charge in [0.2, 0.25) is 5.91 Å². The molecule has 0 saturated carbocycles. The lowest BCUT2D eigenvalue weighted by atomic mass is 9.94. The lowest BCUT2D eigenvalue weighted by Crippen LogP contribution is -2.46. The number of carbonyl (C=O) groups excluding carboxylic acids is 1. The Hall–Kier alpha value is -2.83. The average Bonchev–Trinajstić information content (AvgIpc) is 3.37. The van der Waals surface area contributed by atoms with Crippen LogP contribution in [0.1, 0.15) is 23.6 Å². The van der Waals surface area contributed by atoms with Gasteiger partial charge < -0.3 is 0 Å². The first-order valence-electron chi connectivity index (χ1n) is 9.04. The maximum absolute atomic E-state index is 12.3. The minimum atomic E-state index is 0.0725. The number of nitrogens with zero attached hydrogens (tertiary/aromatic N) is 3. The number of anilines is 1. The number of carbonyl (C=O) groups is 1. The monoisotopic (exact) mass is 403 g/mol. The van der Waals surface area contributed by atoms with Crippen LogP contribution < -0.4 is 4.90 Å². The smallest absolute Gasteiger partial charge is 0.231 e. The van der Waals surface area contributed by atoms with Gasteiger partial charge >= 0.3 is 0 Å². The van der Waals surface area contributed by atoms with Gasteiger partial charge in [-0.15, -0.1) is 22.7 Å². The van der Waals surface area contributed by atoms with Crippen molar-refractivity contribution in [1.82, 2.24) is 9.97 Å². The van der Waals surface area contributed by atoms with E-state index in [9.17, 15) is 4.79 Å². The Kier molecular flexibility index (Phi) is 4.30. The number of aryl methyl sites for hydroxylation is 1. The van der Waals surface area contributed by atoms with E-state index in [1.54, 1.807) is 11.3 Å². The van der Waals surface area contributed by atoms with E-state index in [0.717, 1.165) is 32.7 Å². The third-order valence-corrected chi connectivity index (χ3v) is 6.61. The molecule has 0 N–H and O–H groups in total. The van der Waals surface area contributed by atoms with Crippen LogP contribution in [0.4, 0.5) is 5.13 Å². The van der Waals surface area contributed by atoms with E-state index >= 15 is 0 Å². The molecule has 0 aliphatic carbocycles. The summed E-state index contributed by atoms with van der Waals surface area (Å²) in [4.78, 5) is 23.6. The topological polar surface area (TPSA) is 46.1 Å². The van der Waals surface area contributed by atoms with Gasteiger partial charge in [0.05, 0.1) is 18.2 Å². The molecule has 6 heteroatoms. The van der Waals surface area contributed by atoms with E-state index in [1.165, 1.54) is 16.9 Å². The maximum Gasteiger partial charge on any atom is 0.231 e. The van der Waals surface area contributed by atoms with Crippen LogP contribution in [0.15, 0.2) is 65.4 Å². The number of hydrogen-bond acceptors (Lipinski definition) is 5.